The molecule has 0 radical (unpaired) electrons. The molecule has 1 aromatic heterocycles. The van der Waals surface area contributed by atoms with E-state index in [0.717, 1.165) is 24.2 Å². The van der Waals surface area contributed by atoms with Crippen molar-refractivity contribution in [2.75, 3.05) is 18.5 Å². The molecule has 0 spiro atoms. The van der Waals surface area contributed by atoms with Crippen LogP contribution >= 0.6 is 11.3 Å². The Balaban J connectivity index is 1.98. The molecule has 1 unspecified atom stereocenters. The van der Waals surface area contributed by atoms with E-state index < -0.39 is 10.0 Å². The molecule has 2 N–H and O–H groups in total. The number of aromatic nitrogens is 1. The summed E-state index contributed by atoms with van der Waals surface area (Å²) in [5.74, 6) is -0.286. The first-order valence-corrected chi connectivity index (χ1v) is 8.12. The highest BCUT2D eigenvalue weighted by atomic mass is 32.2. The van der Waals surface area contributed by atoms with Gasteiger partial charge in [-0.1, -0.05) is 11.3 Å². The topological polar surface area (TPSA) is 97.4 Å². The quantitative estimate of drug-likeness (QED) is 0.828. The van der Waals surface area contributed by atoms with Crippen molar-refractivity contribution in [1.82, 2.24) is 9.71 Å². The third-order valence-corrected chi connectivity index (χ3v) is 5.35. The van der Waals surface area contributed by atoms with Crippen molar-refractivity contribution in [3.63, 3.8) is 0 Å². The van der Waals surface area contributed by atoms with Gasteiger partial charge < -0.3 is 10.1 Å². The summed E-state index contributed by atoms with van der Waals surface area (Å²) in [6.45, 7) is 2.28. The molecule has 1 atom stereocenters. The molecule has 7 nitrogen and oxygen atoms in total. The maximum absolute atomic E-state index is 12.0. The summed E-state index contributed by atoms with van der Waals surface area (Å²) in [7, 11) is -3.59. The first kappa shape index (κ1) is 14.4. The number of rotatable bonds is 5. The molecular weight excluding hydrogens is 290 g/mol. The molecule has 1 fully saturated rings. The van der Waals surface area contributed by atoms with Crippen LogP contribution in [-0.4, -0.2) is 38.6 Å². The molecule has 1 amide bonds. The normalized spacial score (nSPS) is 19.5. The van der Waals surface area contributed by atoms with Gasteiger partial charge in [0, 0.05) is 20.1 Å². The van der Waals surface area contributed by atoms with Crippen molar-refractivity contribution >= 4 is 32.4 Å². The maximum Gasteiger partial charge on any atom is 0.251 e. The van der Waals surface area contributed by atoms with E-state index in [0.29, 0.717) is 6.61 Å². The van der Waals surface area contributed by atoms with Crippen molar-refractivity contribution in [3.05, 3.63) is 6.20 Å². The van der Waals surface area contributed by atoms with Gasteiger partial charge in [-0.2, -0.15) is 0 Å². The van der Waals surface area contributed by atoms with E-state index in [-0.39, 0.29) is 27.9 Å². The van der Waals surface area contributed by atoms with E-state index in [1.54, 1.807) is 0 Å². The highest BCUT2D eigenvalue weighted by molar-refractivity contribution is 7.91. The van der Waals surface area contributed by atoms with Crippen molar-refractivity contribution in [2.45, 2.75) is 30.1 Å². The molecule has 0 aliphatic carbocycles. The summed E-state index contributed by atoms with van der Waals surface area (Å²) in [6, 6.07) is 0. The van der Waals surface area contributed by atoms with Gasteiger partial charge in [0.2, 0.25) is 5.91 Å². The summed E-state index contributed by atoms with van der Waals surface area (Å²) in [5, 5.41) is 2.71. The van der Waals surface area contributed by atoms with Crippen molar-refractivity contribution < 1.29 is 17.9 Å². The molecule has 1 aromatic rings. The first-order valence-electron chi connectivity index (χ1n) is 5.82. The lowest BCUT2D eigenvalue weighted by Crippen LogP contribution is -2.31. The van der Waals surface area contributed by atoms with Crippen LogP contribution in [-0.2, 0) is 19.6 Å². The van der Waals surface area contributed by atoms with Crippen LogP contribution in [0.5, 0.6) is 0 Å². The number of ether oxygens (including phenoxy) is 1. The number of nitrogens with zero attached hydrogens (tertiary/aromatic N) is 1. The molecule has 1 saturated heterocycles. The highest BCUT2D eigenvalue weighted by Gasteiger charge is 2.22. The second-order valence-corrected chi connectivity index (χ2v) is 7.18. The average molecular weight is 305 g/mol. The van der Waals surface area contributed by atoms with E-state index >= 15 is 0 Å². The molecular formula is C10H15N3O4S2. The second kappa shape index (κ2) is 5.95. The number of sulfonamides is 1. The van der Waals surface area contributed by atoms with E-state index in [1.807, 2.05) is 0 Å². The molecule has 0 saturated carbocycles. The fourth-order valence-corrected chi connectivity index (χ4v) is 3.86. The summed E-state index contributed by atoms with van der Waals surface area (Å²) in [5.41, 5.74) is 0. The molecule has 2 heterocycles. The number of hydrogen-bond acceptors (Lipinski definition) is 6. The Hall–Kier alpha value is -1.03. The van der Waals surface area contributed by atoms with Crippen LogP contribution in [0, 0.1) is 0 Å². The van der Waals surface area contributed by atoms with Crippen molar-refractivity contribution in [3.8, 4) is 0 Å². The van der Waals surface area contributed by atoms with E-state index in [9.17, 15) is 13.2 Å². The molecule has 19 heavy (non-hydrogen) atoms. The molecule has 9 heteroatoms. The fourth-order valence-electron chi connectivity index (χ4n) is 1.67. The number of amides is 1. The molecule has 0 bridgehead atoms. The van der Waals surface area contributed by atoms with Crippen LogP contribution in [0.1, 0.15) is 19.8 Å². The zero-order valence-corrected chi connectivity index (χ0v) is 12.0. The molecule has 2 rings (SSSR count). The lowest BCUT2D eigenvalue weighted by molar-refractivity contribution is -0.114. The van der Waals surface area contributed by atoms with Gasteiger partial charge in [-0.05, 0) is 12.8 Å². The Labute approximate surface area is 115 Å². The Morgan fingerprint density at radius 2 is 2.42 bits per heavy atom. The number of anilines is 1. The summed E-state index contributed by atoms with van der Waals surface area (Å²) >= 11 is 0.916. The number of thiazole rings is 1. The van der Waals surface area contributed by atoms with Gasteiger partial charge in [-0.15, -0.1) is 0 Å². The number of nitrogens with one attached hydrogen (secondary N) is 2. The fraction of sp³-hybridized carbons (Fsp3) is 0.600. The van der Waals surface area contributed by atoms with Gasteiger partial charge in [-0.25, -0.2) is 18.1 Å². The zero-order valence-electron chi connectivity index (χ0n) is 10.4. The summed E-state index contributed by atoms with van der Waals surface area (Å²) in [4.78, 5) is 14.7. The highest BCUT2D eigenvalue weighted by Crippen LogP contribution is 2.22. The predicted molar refractivity (Wildman–Crippen MR) is 70.6 cm³/mol. The maximum atomic E-state index is 12.0. The summed E-state index contributed by atoms with van der Waals surface area (Å²) < 4.78 is 31.9. The van der Waals surface area contributed by atoms with E-state index in [1.165, 1.54) is 13.1 Å². The Morgan fingerprint density at radius 3 is 3.05 bits per heavy atom. The van der Waals surface area contributed by atoms with E-state index in [2.05, 4.69) is 15.0 Å². The number of hydrogen-bond donors (Lipinski definition) is 2. The molecule has 106 valence electrons. The minimum absolute atomic E-state index is 0.0579. The zero-order chi connectivity index (χ0) is 13.9. The molecule has 0 aromatic carbocycles. The van der Waals surface area contributed by atoms with Gasteiger partial charge in [-0.3, -0.25) is 4.79 Å². The van der Waals surface area contributed by atoms with Crippen LogP contribution in [0.25, 0.3) is 0 Å². The van der Waals surface area contributed by atoms with Gasteiger partial charge in [0.25, 0.3) is 10.0 Å². The SMILES string of the molecule is CC(=O)Nc1ncc(S(=O)(=O)NCC2CCCO2)s1. The monoisotopic (exact) mass is 305 g/mol. The van der Waals surface area contributed by atoms with Crippen LogP contribution in [0.15, 0.2) is 10.4 Å². The Bertz CT molecular complexity index is 549. The van der Waals surface area contributed by atoms with Crippen molar-refractivity contribution in [1.29, 1.82) is 0 Å². The minimum atomic E-state index is -3.59. The van der Waals surface area contributed by atoms with Gasteiger partial charge in [0.15, 0.2) is 9.34 Å². The number of carbonyl (C=O) groups excluding carboxylic acids is 1. The lowest BCUT2D eigenvalue weighted by Gasteiger charge is -2.09. The Kier molecular flexibility index (Phi) is 4.50. The van der Waals surface area contributed by atoms with Crippen LogP contribution in [0.4, 0.5) is 5.13 Å². The minimum Gasteiger partial charge on any atom is -0.377 e. The van der Waals surface area contributed by atoms with Gasteiger partial charge in [0.05, 0.1) is 12.3 Å². The third kappa shape index (κ3) is 3.96. The molecule has 1 aliphatic heterocycles. The third-order valence-electron chi connectivity index (χ3n) is 2.56. The van der Waals surface area contributed by atoms with Crippen LogP contribution in [0.3, 0.4) is 0 Å². The number of carbonyl (C=O) groups is 1. The Morgan fingerprint density at radius 1 is 1.63 bits per heavy atom. The van der Waals surface area contributed by atoms with Gasteiger partial charge >= 0.3 is 0 Å². The largest absolute Gasteiger partial charge is 0.377 e. The average Bonchev–Trinajstić information content (AvgIpc) is 2.96. The predicted octanol–water partition coefficient (Wildman–Crippen LogP) is 0.559. The standard InChI is InChI=1S/C10H15N3O4S2/c1-7(14)13-10-11-6-9(18-10)19(15,16)12-5-8-3-2-4-17-8/h6,8,12H,2-5H2,1H3,(H,11,13,14). The van der Waals surface area contributed by atoms with Gasteiger partial charge in [0.1, 0.15) is 0 Å². The summed E-state index contributed by atoms with van der Waals surface area (Å²) in [6.07, 6.45) is 2.99. The molecule has 1 aliphatic rings. The smallest absolute Gasteiger partial charge is 0.251 e. The lowest BCUT2D eigenvalue weighted by atomic mass is 10.2. The first-order chi connectivity index (χ1) is 8.97. The van der Waals surface area contributed by atoms with Crippen LogP contribution < -0.4 is 10.0 Å². The van der Waals surface area contributed by atoms with Crippen LogP contribution in [0.2, 0.25) is 0 Å². The van der Waals surface area contributed by atoms with Crippen molar-refractivity contribution in [2.24, 2.45) is 0 Å². The van der Waals surface area contributed by atoms with E-state index in [4.69, 9.17) is 4.74 Å². The second-order valence-electron chi connectivity index (χ2n) is 4.15.